The zero-order valence-corrected chi connectivity index (χ0v) is 11.9. The fourth-order valence-corrected chi connectivity index (χ4v) is 2.36. The Morgan fingerprint density at radius 2 is 1.76 bits per heavy atom. The summed E-state index contributed by atoms with van der Waals surface area (Å²) < 4.78 is 5.86. The molecule has 0 fully saturated rings. The molecule has 17 heavy (non-hydrogen) atoms. The SMILES string of the molecule is CSc1ccc(Oc2ccccc2CBr)cc1. The number of para-hydroxylation sites is 1. The minimum atomic E-state index is 0.798. The Morgan fingerprint density at radius 1 is 1.06 bits per heavy atom. The van der Waals surface area contributed by atoms with Crippen LogP contribution in [-0.2, 0) is 5.33 Å². The molecular formula is C14H13BrOS. The summed E-state index contributed by atoms with van der Waals surface area (Å²) in [6, 6.07) is 16.2. The number of thioether (sulfide) groups is 1. The fraction of sp³-hybridized carbons (Fsp3) is 0.143. The molecular weight excluding hydrogens is 296 g/mol. The first-order valence-electron chi connectivity index (χ1n) is 5.29. The summed E-state index contributed by atoms with van der Waals surface area (Å²) in [6.45, 7) is 0. The molecule has 0 aromatic heterocycles. The van der Waals surface area contributed by atoms with Gasteiger partial charge < -0.3 is 4.74 Å². The Labute approximate surface area is 114 Å². The van der Waals surface area contributed by atoms with Crippen LogP contribution in [0.1, 0.15) is 5.56 Å². The maximum Gasteiger partial charge on any atom is 0.131 e. The summed E-state index contributed by atoms with van der Waals surface area (Å²) in [5, 5.41) is 0.798. The lowest BCUT2D eigenvalue weighted by atomic mass is 10.2. The number of alkyl halides is 1. The number of halogens is 1. The van der Waals surface area contributed by atoms with E-state index in [9.17, 15) is 0 Å². The Hall–Kier alpha value is -0.930. The van der Waals surface area contributed by atoms with E-state index < -0.39 is 0 Å². The van der Waals surface area contributed by atoms with Crippen molar-refractivity contribution in [3.63, 3.8) is 0 Å². The van der Waals surface area contributed by atoms with Crippen LogP contribution in [0.4, 0.5) is 0 Å². The van der Waals surface area contributed by atoms with Crippen LogP contribution in [0, 0.1) is 0 Å². The Bertz CT molecular complexity index is 482. The van der Waals surface area contributed by atoms with Crippen molar-refractivity contribution in [1.82, 2.24) is 0 Å². The predicted molar refractivity (Wildman–Crippen MR) is 77.4 cm³/mol. The van der Waals surface area contributed by atoms with Gasteiger partial charge in [0.05, 0.1) is 0 Å². The number of benzene rings is 2. The second-order valence-electron chi connectivity index (χ2n) is 3.52. The highest BCUT2D eigenvalue weighted by molar-refractivity contribution is 9.08. The number of rotatable bonds is 4. The average Bonchev–Trinajstić information content (AvgIpc) is 2.40. The maximum atomic E-state index is 5.86. The molecule has 0 bridgehead atoms. The molecule has 0 spiro atoms. The molecule has 3 heteroatoms. The Kier molecular flexibility index (Phi) is 4.51. The predicted octanol–water partition coefficient (Wildman–Crippen LogP) is 5.10. The van der Waals surface area contributed by atoms with E-state index in [1.807, 2.05) is 30.3 Å². The van der Waals surface area contributed by atoms with Crippen LogP contribution in [0.25, 0.3) is 0 Å². The van der Waals surface area contributed by atoms with Crippen LogP contribution < -0.4 is 4.74 Å². The van der Waals surface area contributed by atoms with Gasteiger partial charge in [-0.15, -0.1) is 11.8 Å². The summed E-state index contributed by atoms with van der Waals surface area (Å²) in [5.74, 6) is 1.78. The lowest BCUT2D eigenvalue weighted by Gasteiger charge is -2.09. The third-order valence-electron chi connectivity index (χ3n) is 2.40. The zero-order valence-electron chi connectivity index (χ0n) is 9.52. The minimum Gasteiger partial charge on any atom is -0.457 e. The van der Waals surface area contributed by atoms with E-state index in [1.54, 1.807) is 11.8 Å². The summed E-state index contributed by atoms with van der Waals surface area (Å²) >= 11 is 5.19. The van der Waals surface area contributed by atoms with Crippen molar-refractivity contribution in [2.24, 2.45) is 0 Å². The molecule has 0 saturated carbocycles. The zero-order chi connectivity index (χ0) is 12.1. The smallest absolute Gasteiger partial charge is 0.131 e. The van der Waals surface area contributed by atoms with E-state index in [0.29, 0.717) is 0 Å². The summed E-state index contributed by atoms with van der Waals surface area (Å²) in [4.78, 5) is 1.24. The molecule has 1 nitrogen and oxygen atoms in total. The lowest BCUT2D eigenvalue weighted by Crippen LogP contribution is -1.88. The van der Waals surface area contributed by atoms with Gasteiger partial charge in [-0.1, -0.05) is 34.1 Å². The van der Waals surface area contributed by atoms with Gasteiger partial charge in [-0.2, -0.15) is 0 Å². The number of hydrogen-bond acceptors (Lipinski definition) is 2. The number of hydrogen-bond donors (Lipinski definition) is 0. The average molecular weight is 309 g/mol. The molecule has 0 unspecified atom stereocenters. The van der Waals surface area contributed by atoms with E-state index >= 15 is 0 Å². The monoisotopic (exact) mass is 308 g/mol. The Morgan fingerprint density at radius 3 is 2.41 bits per heavy atom. The van der Waals surface area contributed by atoms with Crippen LogP contribution in [0.15, 0.2) is 53.4 Å². The van der Waals surface area contributed by atoms with E-state index in [4.69, 9.17) is 4.74 Å². The van der Waals surface area contributed by atoms with Crippen LogP contribution in [0.3, 0.4) is 0 Å². The minimum absolute atomic E-state index is 0.798. The van der Waals surface area contributed by atoms with Gasteiger partial charge in [0, 0.05) is 15.8 Å². The summed E-state index contributed by atoms with van der Waals surface area (Å²) in [6.07, 6.45) is 2.07. The summed E-state index contributed by atoms with van der Waals surface area (Å²) in [7, 11) is 0. The van der Waals surface area contributed by atoms with Gasteiger partial charge in [-0.25, -0.2) is 0 Å². The van der Waals surface area contributed by atoms with Gasteiger partial charge in [0.25, 0.3) is 0 Å². The van der Waals surface area contributed by atoms with Gasteiger partial charge >= 0.3 is 0 Å². The molecule has 0 heterocycles. The largest absolute Gasteiger partial charge is 0.457 e. The van der Waals surface area contributed by atoms with Crippen molar-refractivity contribution in [3.05, 3.63) is 54.1 Å². The first kappa shape index (κ1) is 12.5. The van der Waals surface area contributed by atoms with E-state index in [0.717, 1.165) is 22.4 Å². The topological polar surface area (TPSA) is 9.23 Å². The second kappa shape index (κ2) is 6.12. The van der Waals surface area contributed by atoms with Crippen molar-refractivity contribution < 1.29 is 4.74 Å². The van der Waals surface area contributed by atoms with Gasteiger partial charge in [-0.05, 0) is 36.6 Å². The van der Waals surface area contributed by atoms with Gasteiger partial charge in [0.2, 0.25) is 0 Å². The van der Waals surface area contributed by atoms with Crippen LogP contribution in [0.5, 0.6) is 11.5 Å². The van der Waals surface area contributed by atoms with Crippen molar-refractivity contribution in [1.29, 1.82) is 0 Å². The molecule has 88 valence electrons. The molecule has 0 aliphatic heterocycles. The van der Waals surface area contributed by atoms with E-state index in [-0.39, 0.29) is 0 Å². The molecule has 2 aromatic rings. The Balaban J connectivity index is 2.19. The fourth-order valence-electron chi connectivity index (χ4n) is 1.48. The maximum absolute atomic E-state index is 5.86. The summed E-state index contributed by atoms with van der Waals surface area (Å²) in [5.41, 5.74) is 1.15. The first-order chi connectivity index (χ1) is 8.33. The van der Waals surface area contributed by atoms with Crippen LogP contribution in [0.2, 0.25) is 0 Å². The second-order valence-corrected chi connectivity index (χ2v) is 4.96. The highest BCUT2D eigenvalue weighted by Crippen LogP contribution is 2.28. The third-order valence-corrected chi connectivity index (χ3v) is 3.75. The van der Waals surface area contributed by atoms with Crippen molar-refractivity contribution >= 4 is 27.7 Å². The van der Waals surface area contributed by atoms with Gasteiger partial charge in [0.15, 0.2) is 0 Å². The van der Waals surface area contributed by atoms with E-state index in [2.05, 4.69) is 40.4 Å². The van der Waals surface area contributed by atoms with Crippen molar-refractivity contribution in [2.75, 3.05) is 6.26 Å². The highest BCUT2D eigenvalue weighted by atomic mass is 79.9. The first-order valence-corrected chi connectivity index (χ1v) is 7.64. The van der Waals surface area contributed by atoms with E-state index in [1.165, 1.54) is 4.90 Å². The van der Waals surface area contributed by atoms with Crippen molar-refractivity contribution in [2.45, 2.75) is 10.2 Å². The molecule has 0 atom stereocenters. The highest BCUT2D eigenvalue weighted by Gasteiger charge is 2.02. The van der Waals surface area contributed by atoms with Gasteiger partial charge in [-0.3, -0.25) is 0 Å². The number of ether oxygens (including phenoxy) is 1. The normalized spacial score (nSPS) is 10.2. The van der Waals surface area contributed by atoms with Crippen LogP contribution in [-0.4, -0.2) is 6.26 Å². The van der Waals surface area contributed by atoms with Gasteiger partial charge in [0.1, 0.15) is 11.5 Å². The third kappa shape index (κ3) is 3.27. The molecule has 0 aliphatic carbocycles. The molecule has 2 rings (SSSR count). The lowest BCUT2D eigenvalue weighted by molar-refractivity contribution is 0.478. The quantitative estimate of drug-likeness (QED) is 0.574. The standard InChI is InChI=1S/C14H13BrOS/c1-17-13-8-6-12(7-9-13)16-14-5-3-2-4-11(14)10-15/h2-9H,10H2,1H3. The molecule has 2 aromatic carbocycles. The molecule has 0 saturated heterocycles. The van der Waals surface area contributed by atoms with Crippen molar-refractivity contribution in [3.8, 4) is 11.5 Å². The molecule has 0 N–H and O–H groups in total. The van der Waals surface area contributed by atoms with Crippen LogP contribution >= 0.6 is 27.7 Å². The molecule has 0 radical (unpaired) electrons. The molecule has 0 aliphatic rings. The molecule has 0 amide bonds.